The molecule has 25 heavy (non-hydrogen) atoms. The summed E-state index contributed by atoms with van der Waals surface area (Å²) in [5, 5.41) is 6.24. The molecule has 3 aromatic heterocycles. The topological polar surface area (TPSA) is 68.3 Å². The zero-order valence-electron chi connectivity index (χ0n) is 14.6. The van der Waals surface area contributed by atoms with E-state index in [-0.39, 0.29) is 5.91 Å². The average molecular weight is 358 g/mol. The van der Waals surface area contributed by atoms with Gasteiger partial charge in [-0.1, -0.05) is 0 Å². The number of thiazole rings is 1. The first kappa shape index (κ1) is 16.3. The summed E-state index contributed by atoms with van der Waals surface area (Å²) in [5.41, 5.74) is 2.39. The smallest absolute Gasteiger partial charge is 0.224 e. The molecule has 0 unspecified atom stereocenters. The zero-order chi connectivity index (χ0) is 17.4. The molecule has 1 saturated heterocycles. The Morgan fingerprint density at radius 2 is 2.28 bits per heavy atom. The highest BCUT2D eigenvalue weighted by atomic mass is 32.1. The molecule has 0 bridgehead atoms. The van der Waals surface area contributed by atoms with Crippen LogP contribution in [0.1, 0.15) is 42.4 Å². The predicted octanol–water partition coefficient (Wildman–Crippen LogP) is 2.40. The van der Waals surface area contributed by atoms with Gasteiger partial charge in [0, 0.05) is 36.5 Å². The Labute approximate surface area is 150 Å². The van der Waals surface area contributed by atoms with Crippen molar-refractivity contribution in [3.05, 3.63) is 35.2 Å². The fraction of sp³-hybridized carbons (Fsp3) is 0.529. The SMILES string of the molecule is Cc1csc2c([C@H]3CCCN(C(=O)CCn4cncn4)C3)nc(C)n12. The van der Waals surface area contributed by atoms with Gasteiger partial charge in [-0.2, -0.15) is 5.10 Å². The van der Waals surface area contributed by atoms with Gasteiger partial charge in [-0.15, -0.1) is 11.3 Å². The quantitative estimate of drug-likeness (QED) is 0.718. The maximum Gasteiger partial charge on any atom is 0.224 e. The van der Waals surface area contributed by atoms with Crippen molar-refractivity contribution in [3.8, 4) is 0 Å². The summed E-state index contributed by atoms with van der Waals surface area (Å²) >= 11 is 1.75. The van der Waals surface area contributed by atoms with E-state index in [0.717, 1.165) is 37.4 Å². The normalized spacial score (nSPS) is 18.2. The van der Waals surface area contributed by atoms with Gasteiger partial charge in [0.25, 0.3) is 0 Å². The maximum atomic E-state index is 12.6. The molecule has 0 N–H and O–H groups in total. The van der Waals surface area contributed by atoms with Crippen LogP contribution in [0.2, 0.25) is 0 Å². The van der Waals surface area contributed by atoms with Crippen LogP contribution in [-0.2, 0) is 11.3 Å². The lowest BCUT2D eigenvalue weighted by molar-refractivity contribution is -0.132. The van der Waals surface area contributed by atoms with E-state index < -0.39 is 0 Å². The maximum absolute atomic E-state index is 12.6. The van der Waals surface area contributed by atoms with E-state index in [1.165, 1.54) is 16.9 Å². The Hall–Kier alpha value is -2.22. The molecule has 0 saturated carbocycles. The highest BCUT2D eigenvalue weighted by Gasteiger charge is 2.28. The Kier molecular flexibility index (Phi) is 4.29. The molecular weight excluding hydrogens is 336 g/mol. The lowest BCUT2D eigenvalue weighted by Gasteiger charge is -2.32. The van der Waals surface area contributed by atoms with E-state index >= 15 is 0 Å². The Morgan fingerprint density at radius 3 is 3.08 bits per heavy atom. The number of aryl methyl sites for hydroxylation is 3. The number of likely N-dealkylation sites (tertiary alicyclic amines) is 1. The van der Waals surface area contributed by atoms with Gasteiger partial charge in [-0.25, -0.2) is 9.97 Å². The van der Waals surface area contributed by atoms with Crippen molar-refractivity contribution >= 4 is 22.1 Å². The van der Waals surface area contributed by atoms with Crippen LogP contribution in [0.5, 0.6) is 0 Å². The number of piperidine rings is 1. The van der Waals surface area contributed by atoms with Gasteiger partial charge in [-0.3, -0.25) is 13.9 Å². The summed E-state index contributed by atoms with van der Waals surface area (Å²) in [6.45, 7) is 6.35. The molecule has 1 fully saturated rings. The van der Waals surface area contributed by atoms with E-state index in [1.54, 1.807) is 22.3 Å². The van der Waals surface area contributed by atoms with Crippen molar-refractivity contribution in [2.45, 2.75) is 45.6 Å². The van der Waals surface area contributed by atoms with Crippen LogP contribution in [0.15, 0.2) is 18.0 Å². The molecule has 8 heteroatoms. The van der Waals surface area contributed by atoms with Crippen molar-refractivity contribution < 1.29 is 4.79 Å². The largest absolute Gasteiger partial charge is 0.342 e. The number of hydrogen-bond donors (Lipinski definition) is 0. The first-order valence-corrected chi connectivity index (χ1v) is 9.54. The number of nitrogens with zero attached hydrogens (tertiary/aromatic N) is 6. The number of carbonyl (C=O) groups is 1. The van der Waals surface area contributed by atoms with E-state index in [0.29, 0.717) is 18.9 Å². The number of aromatic nitrogens is 5. The lowest BCUT2D eigenvalue weighted by atomic mass is 9.95. The number of hydrogen-bond acceptors (Lipinski definition) is 5. The molecule has 0 aliphatic carbocycles. The minimum Gasteiger partial charge on any atom is -0.342 e. The van der Waals surface area contributed by atoms with E-state index in [4.69, 9.17) is 4.98 Å². The fourth-order valence-electron chi connectivity index (χ4n) is 3.67. The van der Waals surface area contributed by atoms with Gasteiger partial charge in [0.15, 0.2) is 0 Å². The van der Waals surface area contributed by atoms with Gasteiger partial charge in [0.1, 0.15) is 23.3 Å². The molecule has 1 atom stereocenters. The third-order valence-electron chi connectivity index (χ3n) is 4.90. The molecule has 4 rings (SSSR count). The van der Waals surface area contributed by atoms with E-state index in [2.05, 4.69) is 33.7 Å². The third kappa shape index (κ3) is 3.06. The molecule has 0 spiro atoms. The van der Waals surface area contributed by atoms with Crippen LogP contribution >= 0.6 is 11.3 Å². The average Bonchev–Trinajstić information content (AvgIpc) is 3.33. The van der Waals surface area contributed by atoms with Crippen LogP contribution in [-0.4, -0.2) is 48.0 Å². The second-order valence-corrected chi connectivity index (χ2v) is 7.51. The molecule has 7 nitrogen and oxygen atoms in total. The van der Waals surface area contributed by atoms with Crippen molar-refractivity contribution in [2.75, 3.05) is 13.1 Å². The van der Waals surface area contributed by atoms with Gasteiger partial charge in [0.2, 0.25) is 5.91 Å². The predicted molar refractivity (Wildman–Crippen MR) is 95.7 cm³/mol. The van der Waals surface area contributed by atoms with E-state index in [1.807, 2.05) is 4.90 Å². The number of fused-ring (bicyclic) bond motifs is 1. The second-order valence-electron chi connectivity index (χ2n) is 6.65. The van der Waals surface area contributed by atoms with Crippen molar-refractivity contribution in [3.63, 3.8) is 0 Å². The van der Waals surface area contributed by atoms with Crippen molar-refractivity contribution in [1.29, 1.82) is 0 Å². The number of rotatable bonds is 4. The van der Waals surface area contributed by atoms with Crippen molar-refractivity contribution in [1.82, 2.24) is 29.0 Å². The number of amides is 1. The van der Waals surface area contributed by atoms with Crippen LogP contribution in [0, 0.1) is 13.8 Å². The second kappa shape index (κ2) is 6.59. The molecular formula is C17H22N6OS. The number of imidazole rings is 1. The molecule has 132 valence electrons. The first-order chi connectivity index (χ1) is 12.1. The first-order valence-electron chi connectivity index (χ1n) is 8.66. The zero-order valence-corrected chi connectivity index (χ0v) is 15.4. The van der Waals surface area contributed by atoms with Crippen LogP contribution in [0.3, 0.4) is 0 Å². The molecule has 3 aromatic rings. The summed E-state index contributed by atoms with van der Waals surface area (Å²) < 4.78 is 3.93. The third-order valence-corrected chi connectivity index (χ3v) is 5.98. The number of carbonyl (C=O) groups excluding carboxylic acids is 1. The minimum absolute atomic E-state index is 0.190. The lowest BCUT2D eigenvalue weighted by Crippen LogP contribution is -2.39. The Morgan fingerprint density at radius 1 is 1.40 bits per heavy atom. The summed E-state index contributed by atoms with van der Waals surface area (Å²) in [4.78, 5) is 24.6. The highest BCUT2D eigenvalue weighted by molar-refractivity contribution is 7.15. The van der Waals surface area contributed by atoms with Crippen LogP contribution in [0.4, 0.5) is 0 Å². The van der Waals surface area contributed by atoms with E-state index in [9.17, 15) is 4.79 Å². The summed E-state index contributed by atoms with van der Waals surface area (Å²) in [5.74, 6) is 1.55. The minimum atomic E-state index is 0.190. The molecule has 1 aliphatic heterocycles. The highest BCUT2D eigenvalue weighted by Crippen LogP contribution is 2.33. The van der Waals surface area contributed by atoms with Gasteiger partial charge >= 0.3 is 0 Å². The van der Waals surface area contributed by atoms with Gasteiger partial charge < -0.3 is 4.90 Å². The summed E-state index contributed by atoms with van der Waals surface area (Å²) in [6, 6.07) is 0. The Balaban J connectivity index is 1.47. The Bertz CT molecular complexity index is 881. The van der Waals surface area contributed by atoms with Gasteiger partial charge in [-0.05, 0) is 26.7 Å². The molecule has 1 amide bonds. The molecule has 0 aromatic carbocycles. The van der Waals surface area contributed by atoms with Crippen LogP contribution < -0.4 is 0 Å². The van der Waals surface area contributed by atoms with Gasteiger partial charge in [0.05, 0.1) is 12.2 Å². The molecule has 1 aliphatic rings. The van der Waals surface area contributed by atoms with Crippen LogP contribution in [0.25, 0.3) is 4.83 Å². The summed E-state index contributed by atoms with van der Waals surface area (Å²) in [6.07, 6.45) is 5.73. The standard InChI is InChI=1S/C17H22N6OS/c1-12-9-25-17-16(20-13(2)23(12)17)14-4-3-6-21(8-14)15(24)5-7-22-11-18-10-19-22/h9-11,14H,3-8H2,1-2H3/t14-/m0/s1. The monoisotopic (exact) mass is 358 g/mol. The summed E-state index contributed by atoms with van der Waals surface area (Å²) in [7, 11) is 0. The molecule has 4 heterocycles. The molecule has 0 radical (unpaired) electrons. The van der Waals surface area contributed by atoms with Crippen molar-refractivity contribution in [2.24, 2.45) is 0 Å². The fourth-order valence-corrected chi connectivity index (χ4v) is 4.77.